The van der Waals surface area contributed by atoms with Crippen LogP contribution < -0.4 is 5.32 Å². The molecular formula is C13H14FNO3. The van der Waals surface area contributed by atoms with E-state index in [-0.39, 0.29) is 0 Å². The standard InChI is InChI=1S/C13H14FNO3/c1-8(11(16)17)15-12(18)13(6-7-13)9-4-2-3-5-10(9)14/h2-5,8H,6-7H2,1H3,(H,15,18)(H,16,17)/t8-/m0/s1. The van der Waals surface area contributed by atoms with E-state index in [1.807, 2.05) is 0 Å². The average Bonchev–Trinajstić information content (AvgIpc) is 3.10. The first-order chi connectivity index (χ1) is 8.47. The van der Waals surface area contributed by atoms with Gasteiger partial charge in [-0.2, -0.15) is 0 Å². The Bertz CT molecular complexity index is 497. The van der Waals surface area contributed by atoms with Crippen molar-refractivity contribution in [3.63, 3.8) is 0 Å². The molecule has 2 N–H and O–H groups in total. The van der Waals surface area contributed by atoms with Crippen LogP contribution in [0.2, 0.25) is 0 Å². The highest BCUT2D eigenvalue weighted by atomic mass is 19.1. The lowest BCUT2D eigenvalue weighted by atomic mass is 9.94. The van der Waals surface area contributed by atoms with Crippen molar-refractivity contribution in [2.24, 2.45) is 0 Å². The lowest BCUT2D eigenvalue weighted by molar-refractivity contribution is -0.141. The van der Waals surface area contributed by atoms with E-state index < -0.39 is 29.2 Å². The topological polar surface area (TPSA) is 66.4 Å². The fourth-order valence-corrected chi connectivity index (χ4v) is 1.99. The van der Waals surface area contributed by atoms with Gasteiger partial charge < -0.3 is 10.4 Å². The van der Waals surface area contributed by atoms with Crippen LogP contribution >= 0.6 is 0 Å². The third kappa shape index (κ3) is 2.08. The molecule has 2 rings (SSSR count). The quantitative estimate of drug-likeness (QED) is 0.851. The molecule has 1 aromatic carbocycles. The molecule has 5 heteroatoms. The molecule has 1 atom stereocenters. The normalized spacial score (nSPS) is 17.9. The van der Waals surface area contributed by atoms with Crippen molar-refractivity contribution in [2.45, 2.75) is 31.2 Å². The highest BCUT2D eigenvalue weighted by Gasteiger charge is 2.53. The predicted octanol–water partition coefficient (Wildman–Crippen LogP) is 1.45. The van der Waals surface area contributed by atoms with Gasteiger partial charge in [0.2, 0.25) is 5.91 Å². The van der Waals surface area contributed by atoms with Gasteiger partial charge in [0.25, 0.3) is 0 Å². The van der Waals surface area contributed by atoms with Crippen molar-refractivity contribution in [1.29, 1.82) is 0 Å². The second-order valence-electron chi connectivity index (χ2n) is 4.60. The summed E-state index contributed by atoms with van der Waals surface area (Å²) in [5.41, 5.74) is -0.533. The van der Waals surface area contributed by atoms with E-state index in [0.29, 0.717) is 18.4 Å². The van der Waals surface area contributed by atoms with Gasteiger partial charge in [-0.25, -0.2) is 4.39 Å². The molecule has 0 bridgehead atoms. The monoisotopic (exact) mass is 251 g/mol. The van der Waals surface area contributed by atoms with Crippen molar-refractivity contribution in [1.82, 2.24) is 5.32 Å². The molecule has 4 nitrogen and oxygen atoms in total. The van der Waals surface area contributed by atoms with Gasteiger partial charge in [0, 0.05) is 5.56 Å². The van der Waals surface area contributed by atoms with E-state index in [1.54, 1.807) is 18.2 Å². The van der Waals surface area contributed by atoms with Crippen LogP contribution in [-0.4, -0.2) is 23.0 Å². The van der Waals surface area contributed by atoms with Crippen molar-refractivity contribution in [3.05, 3.63) is 35.6 Å². The van der Waals surface area contributed by atoms with E-state index in [1.165, 1.54) is 13.0 Å². The molecule has 0 unspecified atom stereocenters. The summed E-state index contributed by atoms with van der Waals surface area (Å²) in [6, 6.07) is 5.15. The summed E-state index contributed by atoms with van der Waals surface area (Å²) in [4.78, 5) is 22.8. The Hall–Kier alpha value is -1.91. The molecule has 0 aliphatic heterocycles. The predicted molar refractivity (Wildman–Crippen MR) is 62.6 cm³/mol. The third-order valence-electron chi connectivity index (χ3n) is 3.29. The first kappa shape index (κ1) is 12.5. The van der Waals surface area contributed by atoms with Crippen molar-refractivity contribution in [3.8, 4) is 0 Å². The molecule has 0 radical (unpaired) electrons. The molecule has 96 valence electrons. The van der Waals surface area contributed by atoms with Crippen LogP contribution in [0.15, 0.2) is 24.3 Å². The van der Waals surface area contributed by atoms with Gasteiger partial charge in [0.1, 0.15) is 11.9 Å². The van der Waals surface area contributed by atoms with E-state index in [0.717, 1.165) is 0 Å². The minimum absolute atomic E-state index is 0.347. The summed E-state index contributed by atoms with van der Waals surface area (Å²) in [5, 5.41) is 11.2. The number of carbonyl (C=O) groups is 2. The molecule has 1 amide bonds. The number of rotatable bonds is 4. The number of carboxylic acids is 1. The molecular weight excluding hydrogens is 237 g/mol. The highest BCUT2D eigenvalue weighted by Crippen LogP contribution is 2.49. The van der Waals surface area contributed by atoms with Crippen LogP contribution in [0.1, 0.15) is 25.3 Å². The molecule has 0 heterocycles. The van der Waals surface area contributed by atoms with Gasteiger partial charge in [-0.1, -0.05) is 18.2 Å². The summed E-state index contributed by atoms with van der Waals surface area (Å²) >= 11 is 0. The Morgan fingerprint density at radius 2 is 2.00 bits per heavy atom. The third-order valence-corrected chi connectivity index (χ3v) is 3.29. The van der Waals surface area contributed by atoms with Crippen molar-refractivity contribution in [2.75, 3.05) is 0 Å². The van der Waals surface area contributed by atoms with Crippen molar-refractivity contribution >= 4 is 11.9 Å². The second kappa shape index (κ2) is 4.40. The number of amides is 1. The van der Waals surface area contributed by atoms with Crippen LogP contribution in [-0.2, 0) is 15.0 Å². The molecule has 0 aromatic heterocycles. The number of carboxylic acid groups (broad SMARTS) is 1. The highest BCUT2D eigenvalue weighted by molar-refractivity contribution is 5.93. The Morgan fingerprint density at radius 3 is 2.50 bits per heavy atom. The lowest BCUT2D eigenvalue weighted by Gasteiger charge is -2.18. The van der Waals surface area contributed by atoms with E-state index >= 15 is 0 Å². The van der Waals surface area contributed by atoms with Crippen LogP contribution in [0, 0.1) is 5.82 Å². The minimum Gasteiger partial charge on any atom is -0.480 e. The number of aliphatic carboxylic acids is 1. The Balaban J connectivity index is 2.20. The van der Waals surface area contributed by atoms with Crippen LogP contribution in [0.5, 0.6) is 0 Å². The van der Waals surface area contributed by atoms with Gasteiger partial charge in [-0.05, 0) is 25.8 Å². The molecule has 1 fully saturated rings. The molecule has 1 aliphatic rings. The maximum absolute atomic E-state index is 13.7. The van der Waals surface area contributed by atoms with E-state index in [9.17, 15) is 14.0 Å². The number of benzene rings is 1. The second-order valence-corrected chi connectivity index (χ2v) is 4.60. The number of nitrogens with one attached hydrogen (secondary N) is 1. The average molecular weight is 251 g/mol. The van der Waals surface area contributed by atoms with Crippen LogP contribution in [0.25, 0.3) is 0 Å². The Labute approximate surface area is 104 Å². The van der Waals surface area contributed by atoms with E-state index in [2.05, 4.69) is 5.32 Å². The zero-order valence-electron chi connectivity index (χ0n) is 9.94. The smallest absolute Gasteiger partial charge is 0.325 e. The molecule has 0 saturated heterocycles. The summed E-state index contributed by atoms with van der Waals surface area (Å²) in [6.07, 6.45) is 1.10. The fraction of sp³-hybridized carbons (Fsp3) is 0.385. The fourth-order valence-electron chi connectivity index (χ4n) is 1.99. The Kier molecular flexibility index (Phi) is 3.07. The molecule has 0 spiro atoms. The Morgan fingerprint density at radius 1 is 1.39 bits per heavy atom. The van der Waals surface area contributed by atoms with Gasteiger partial charge in [-0.15, -0.1) is 0 Å². The zero-order chi connectivity index (χ0) is 13.3. The molecule has 1 aliphatic carbocycles. The summed E-state index contributed by atoms with van der Waals surface area (Å²) in [5.74, 6) is -1.94. The minimum atomic E-state index is -1.10. The SMILES string of the molecule is C[C@H](NC(=O)C1(c2ccccc2F)CC1)C(=O)O. The maximum atomic E-state index is 13.7. The molecule has 1 aromatic rings. The largest absolute Gasteiger partial charge is 0.480 e. The van der Waals surface area contributed by atoms with Gasteiger partial charge in [-0.3, -0.25) is 9.59 Å². The first-order valence-electron chi connectivity index (χ1n) is 5.76. The number of carbonyl (C=O) groups excluding carboxylic acids is 1. The lowest BCUT2D eigenvalue weighted by Crippen LogP contribution is -2.44. The van der Waals surface area contributed by atoms with Gasteiger partial charge >= 0.3 is 5.97 Å². The summed E-state index contributed by atoms with van der Waals surface area (Å²) in [7, 11) is 0. The molecule has 1 saturated carbocycles. The summed E-state index contributed by atoms with van der Waals surface area (Å²) in [6.45, 7) is 1.39. The van der Waals surface area contributed by atoms with E-state index in [4.69, 9.17) is 5.11 Å². The number of hydrogen-bond acceptors (Lipinski definition) is 2. The summed E-state index contributed by atoms with van der Waals surface area (Å²) < 4.78 is 13.7. The van der Waals surface area contributed by atoms with Gasteiger partial charge in [0.05, 0.1) is 5.41 Å². The zero-order valence-corrected chi connectivity index (χ0v) is 9.94. The number of halogens is 1. The first-order valence-corrected chi connectivity index (χ1v) is 5.76. The van der Waals surface area contributed by atoms with Crippen LogP contribution in [0.3, 0.4) is 0 Å². The maximum Gasteiger partial charge on any atom is 0.325 e. The number of hydrogen-bond donors (Lipinski definition) is 2. The van der Waals surface area contributed by atoms with Crippen molar-refractivity contribution < 1.29 is 19.1 Å². The van der Waals surface area contributed by atoms with Gasteiger partial charge in [0.15, 0.2) is 0 Å². The molecule has 18 heavy (non-hydrogen) atoms. The van der Waals surface area contributed by atoms with Crippen LogP contribution in [0.4, 0.5) is 4.39 Å².